The maximum Gasteiger partial charge on any atom is 0.407 e. The van der Waals surface area contributed by atoms with Gasteiger partial charge in [-0.05, 0) is 27.2 Å². The summed E-state index contributed by atoms with van der Waals surface area (Å²) in [6.07, 6.45) is 1.63. The van der Waals surface area contributed by atoms with Gasteiger partial charge in [-0.2, -0.15) is 4.31 Å². The monoisotopic (exact) mass is 444 g/mol. The molecule has 0 saturated carbocycles. The van der Waals surface area contributed by atoms with E-state index >= 15 is 0 Å². The molecule has 11 nitrogen and oxygen atoms in total. The van der Waals surface area contributed by atoms with Gasteiger partial charge in [0.1, 0.15) is 17.6 Å². The van der Waals surface area contributed by atoms with Crippen molar-refractivity contribution in [2.75, 3.05) is 46.3 Å². The lowest BCUT2D eigenvalue weighted by Gasteiger charge is -2.35. The lowest BCUT2D eigenvalue weighted by Crippen LogP contribution is -2.54. The third kappa shape index (κ3) is 7.82. The Hall–Kier alpha value is -2.34. The Balaban J connectivity index is 1.70. The maximum atomic E-state index is 12.5. The average molecular weight is 445 g/mol. The molecule has 0 bridgehead atoms. The Morgan fingerprint density at radius 2 is 1.90 bits per heavy atom. The van der Waals surface area contributed by atoms with Gasteiger partial charge in [-0.15, -0.1) is 0 Å². The van der Waals surface area contributed by atoms with Crippen molar-refractivity contribution >= 4 is 22.1 Å². The first-order chi connectivity index (χ1) is 14.1. The van der Waals surface area contributed by atoms with Crippen molar-refractivity contribution in [2.45, 2.75) is 38.5 Å². The van der Waals surface area contributed by atoms with E-state index in [1.807, 2.05) is 25.7 Å². The predicted molar refractivity (Wildman–Crippen MR) is 112 cm³/mol. The summed E-state index contributed by atoms with van der Waals surface area (Å²) in [7, 11) is -1.75. The first kappa shape index (κ1) is 23.9. The summed E-state index contributed by atoms with van der Waals surface area (Å²) < 4.78 is 36.4. The number of carbonyl (C=O) groups excluding carboxylic acids is 1. The van der Waals surface area contributed by atoms with Crippen LogP contribution in [0.3, 0.4) is 0 Å². The Kier molecular flexibility index (Phi) is 8.47. The van der Waals surface area contributed by atoms with E-state index < -0.39 is 21.7 Å². The molecule has 1 amide bonds. The van der Waals surface area contributed by atoms with E-state index in [1.54, 1.807) is 13.1 Å². The number of piperazine rings is 1. The number of alkyl carbamates (subject to hydrolysis) is 1. The van der Waals surface area contributed by atoms with Crippen LogP contribution in [0.4, 0.5) is 4.79 Å². The van der Waals surface area contributed by atoms with Gasteiger partial charge >= 0.3 is 6.09 Å². The predicted octanol–water partition coefficient (Wildman–Crippen LogP) is 0.612. The van der Waals surface area contributed by atoms with E-state index in [4.69, 9.17) is 9.26 Å². The van der Waals surface area contributed by atoms with Gasteiger partial charge in [0, 0.05) is 52.4 Å². The van der Waals surface area contributed by atoms with E-state index in [0.717, 1.165) is 0 Å². The second-order valence-corrected chi connectivity index (χ2v) is 9.86. The fourth-order valence-electron chi connectivity index (χ4n) is 2.89. The zero-order valence-corrected chi connectivity index (χ0v) is 18.9. The van der Waals surface area contributed by atoms with Crippen LogP contribution < -0.4 is 10.6 Å². The molecular formula is C18H32N6O5S. The number of amides is 1. The third-order valence-corrected chi connectivity index (χ3v) is 6.08. The van der Waals surface area contributed by atoms with Gasteiger partial charge in [0.25, 0.3) is 0 Å². The number of rotatable bonds is 7. The van der Waals surface area contributed by atoms with Crippen molar-refractivity contribution in [3.63, 3.8) is 0 Å². The summed E-state index contributed by atoms with van der Waals surface area (Å²) in [6.45, 7) is 8.37. The molecule has 30 heavy (non-hydrogen) atoms. The molecule has 0 radical (unpaired) electrons. The second kappa shape index (κ2) is 10.6. The highest BCUT2D eigenvalue weighted by molar-refractivity contribution is 7.88. The molecule has 2 heterocycles. The molecule has 12 heteroatoms. The number of ether oxygens (including phenoxy) is 1. The Morgan fingerprint density at radius 3 is 2.47 bits per heavy atom. The number of hydrogen-bond donors (Lipinski definition) is 2. The first-order valence-corrected chi connectivity index (χ1v) is 11.5. The standard InChI is InChI=1S/C18H32N6O5S/c1-18(2,3)29-17(25)21-8-5-7-20-16(19-4)23-9-11-24(12-10-23)30(26,27)14-15-6-13-28-22-15/h6,13H,5,7-12,14H2,1-4H3,(H,19,20)(H,21,25). The molecule has 1 saturated heterocycles. The summed E-state index contributed by atoms with van der Waals surface area (Å²) in [5.41, 5.74) is -0.121. The van der Waals surface area contributed by atoms with Crippen molar-refractivity contribution < 1.29 is 22.5 Å². The van der Waals surface area contributed by atoms with Gasteiger partial charge in [-0.1, -0.05) is 5.16 Å². The van der Waals surface area contributed by atoms with E-state index in [1.165, 1.54) is 10.6 Å². The number of guanidine groups is 1. The molecule has 0 aromatic carbocycles. The van der Waals surface area contributed by atoms with Crippen LogP contribution in [0.2, 0.25) is 0 Å². The summed E-state index contributed by atoms with van der Waals surface area (Å²) in [6, 6.07) is 1.55. The van der Waals surface area contributed by atoms with Crippen molar-refractivity contribution in [1.82, 2.24) is 25.0 Å². The number of nitrogens with zero attached hydrogens (tertiary/aromatic N) is 4. The molecular weight excluding hydrogens is 412 g/mol. The van der Waals surface area contributed by atoms with Crippen LogP contribution in [0.1, 0.15) is 32.9 Å². The van der Waals surface area contributed by atoms with Crippen LogP contribution >= 0.6 is 0 Å². The average Bonchev–Trinajstić information content (AvgIpc) is 3.15. The van der Waals surface area contributed by atoms with Gasteiger partial charge in [-0.25, -0.2) is 13.2 Å². The highest BCUT2D eigenvalue weighted by Crippen LogP contribution is 2.13. The van der Waals surface area contributed by atoms with Crippen LogP contribution in [0.15, 0.2) is 21.8 Å². The first-order valence-electron chi connectivity index (χ1n) is 9.90. The van der Waals surface area contributed by atoms with E-state index in [9.17, 15) is 13.2 Å². The minimum atomic E-state index is -3.44. The molecule has 2 rings (SSSR count). The summed E-state index contributed by atoms with van der Waals surface area (Å²) >= 11 is 0. The normalized spacial score (nSPS) is 16.4. The van der Waals surface area contributed by atoms with Crippen LogP contribution in [-0.4, -0.2) is 86.7 Å². The van der Waals surface area contributed by atoms with Crippen molar-refractivity contribution in [1.29, 1.82) is 0 Å². The van der Waals surface area contributed by atoms with E-state index in [0.29, 0.717) is 57.3 Å². The summed E-state index contributed by atoms with van der Waals surface area (Å²) in [4.78, 5) is 17.9. The summed E-state index contributed by atoms with van der Waals surface area (Å²) in [5, 5.41) is 9.63. The number of nitrogens with one attached hydrogen (secondary N) is 2. The van der Waals surface area contributed by atoms with E-state index in [-0.39, 0.29) is 5.75 Å². The molecule has 0 unspecified atom stereocenters. The van der Waals surface area contributed by atoms with Gasteiger partial charge in [-0.3, -0.25) is 4.99 Å². The number of sulfonamides is 1. The van der Waals surface area contributed by atoms with E-state index in [2.05, 4.69) is 20.8 Å². The summed E-state index contributed by atoms with van der Waals surface area (Å²) in [5.74, 6) is 0.544. The molecule has 0 spiro atoms. The number of carbonyl (C=O) groups is 1. The molecule has 2 N–H and O–H groups in total. The zero-order valence-electron chi connectivity index (χ0n) is 18.0. The lowest BCUT2D eigenvalue weighted by molar-refractivity contribution is 0.0527. The highest BCUT2D eigenvalue weighted by Gasteiger charge is 2.28. The minimum Gasteiger partial charge on any atom is -0.444 e. The van der Waals surface area contributed by atoms with Crippen molar-refractivity contribution in [2.24, 2.45) is 4.99 Å². The molecule has 0 atom stereocenters. The molecule has 170 valence electrons. The quantitative estimate of drug-likeness (QED) is 0.356. The fourth-order valence-corrected chi connectivity index (χ4v) is 4.32. The molecule has 1 aliphatic rings. The van der Waals surface area contributed by atoms with Gasteiger partial charge in [0.2, 0.25) is 10.0 Å². The zero-order chi connectivity index (χ0) is 22.2. The molecule has 1 aromatic rings. The van der Waals surface area contributed by atoms with Crippen molar-refractivity contribution in [3.8, 4) is 0 Å². The van der Waals surface area contributed by atoms with Gasteiger partial charge < -0.3 is 24.8 Å². The fraction of sp³-hybridized carbons (Fsp3) is 0.722. The smallest absolute Gasteiger partial charge is 0.407 e. The molecule has 1 fully saturated rings. The lowest BCUT2D eigenvalue weighted by atomic mass is 10.2. The number of aromatic nitrogens is 1. The Bertz CT molecular complexity index is 796. The Labute approximate surface area is 177 Å². The van der Waals surface area contributed by atoms with Crippen LogP contribution in [-0.2, 0) is 20.5 Å². The number of hydrogen-bond acceptors (Lipinski definition) is 7. The van der Waals surface area contributed by atoms with Crippen LogP contribution in [0.25, 0.3) is 0 Å². The molecule has 1 aliphatic heterocycles. The van der Waals surface area contributed by atoms with Gasteiger partial charge in [0.05, 0.1) is 5.69 Å². The molecule has 0 aliphatic carbocycles. The minimum absolute atomic E-state index is 0.166. The Morgan fingerprint density at radius 1 is 1.23 bits per heavy atom. The maximum absolute atomic E-state index is 12.5. The van der Waals surface area contributed by atoms with Crippen LogP contribution in [0, 0.1) is 0 Å². The SMILES string of the molecule is CN=C(NCCCNC(=O)OC(C)(C)C)N1CCN(S(=O)(=O)Cc2ccon2)CC1. The van der Waals surface area contributed by atoms with Crippen molar-refractivity contribution in [3.05, 3.63) is 18.0 Å². The number of aliphatic imine (C=N–C) groups is 1. The third-order valence-electron chi connectivity index (χ3n) is 4.27. The van der Waals surface area contributed by atoms with Gasteiger partial charge in [0.15, 0.2) is 5.96 Å². The second-order valence-electron chi connectivity index (χ2n) is 7.89. The topological polar surface area (TPSA) is 129 Å². The molecule has 1 aromatic heterocycles. The van der Waals surface area contributed by atoms with Crippen LogP contribution in [0.5, 0.6) is 0 Å². The largest absolute Gasteiger partial charge is 0.444 e. The highest BCUT2D eigenvalue weighted by atomic mass is 32.2.